The molecule has 2 rings (SSSR count). The Balaban J connectivity index is 2.36. The second kappa shape index (κ2) is 5.63. The van der Waals surface area contributed by atoms with Gasteiger partial charge in [-0.05, 0) is 50.4 Å². The molecule has 0 saturated carbocycles. The molecule has 0 amide bonds. The van der Waals surface area contributed by atoms with E-state index in [4.69, 9.17) is 0 Å². The van der Waals surface area contributed by atoms with Crippen LogP contribution in [0.2, 0.25) is 0 Å². The van der Waals surface area contributed by atoms with E-state index in [0.717, 1.165) is 24.8 Å². The Hall–Kier alpha value is -0.870. The smallest absolute Gasteiger partial charge is 0.155 e. The van der Waals surface area contributed by atoms with Crippen molar-refractivity contribution in [3.05, 3.63) is 34.9 Å². The highest BCUT2D eigenvalue weighted by molar-refractivity contribution is 7.92. The maximum Gasteiger partial charge on any atom is 0.155 e. The van der Waals surface area contributed by atoms with Crippen LogP contribution in [-0.2, 0) is 9.84 Å². The molecule has 1 N–H and O–H groups in total. The Bertz CT molecular complexity index is 551. The molecule has 2 atom stereocenters. The minimum atomic E-state index is -2.97. The Morgan fingerprint density at radius 3 is 2.53 bits per heavy atom. The number of hydrogen-bond donors (Lipinski definition) is 1. The van der Waals surface area contributed by atoms with E-state index in [-0.39, 0.29) is 11.3 Å². The fourth-order valence-corrected chi connectivity index (χ4v) is 5.02. The minimum Gasteiger partial charge on any atom is -0.312 e. The third kappa shape index (κ3) is 3.00. The van der Waals surface area contributed by atoms with Crippen molar-refractivity contribution in [2.45, 2.75) is 44.4 Å². The highest BCUT2D eigenvalue weighted by atomic mass is 32.2. The van der Waals surface area contributed by atoms with Crippen LogP contribution in [0.3, 0.4) is 0 Å². The molecule has 2 unspecified atom stereocenters. The lowest BCUT2D eigenvalue weighted by Crippen LogP contribution is -2.39. The maximum atomic E-state index is 12.3. The fraction of sp³-hybridized carbons (Fsp3) is 0.600. The molecule has 1 heterocycles. The van der Waals surface area contributed by atoms with Gasteiger partial charge < -0.3 is 5.32 Å². The van der Waals surface area contributed by atoms with Crippen LogP contribution in [-0.4, -0.2) is 26.5 Å². The summed E-state index contributed by atoms with van der Waals surface area (Å²) < 4.78 is 24.5. The van der Waals surface area contributed by atoms with Crippen molar-refractivity contribution in [1.29, 1.82) is 0 Å². The van der Waals surface area contributed by atoms with Crippen molar-refractivity contribution in [3.8, 4) is 0 Å². The third-order valence-corrected chi connectivity index (χ3v) is 6.49. The van der Waals surface area contributed by atoms with Gasteiger partial charge in [-0.1, -0.05) is 24.6 Å². The fourth-order valence-electron chi connectivity index (χ4n) is 2.88. The van der Waals surface area contributed by atoms with Gasteiger partial charge in [-0.2, -0.15) is 0 Å². The largest absolute Gasteiger partial charge is 0.312 e. The normalized spacial score (nSPS) is 24.1. The number of nitrogens with one attached hydrogen (secondary N) is 1. The Labute approximate surface area is 116 Å². The van der Waals surface area contributed by atoms with E-state index in [1.165, 1.54) is 11.1 Å². The van der Waals surface area contributed by atoms with Gasteiger partial charge in [-0.25, -0.2) is 8.42 Å². The molecule has 1 aromatic carbocycles. The third-order valence-electron chi connectivity index (χ3n) is 4.20. The number of rotatable bonds is 3. The van der Waals surface area contributed by atoms with Crippen LogP contribution in [0.1, 0.15) is 42.0 Å². The van der Waals surface area contributed by atoms with E-state index < -0.39 is 9.84 Å². The molecule has 4 heteroatoms. The van der Waals surface area contributed by atoms with Gasteiger partial charge in [0.2, 0.25) is 0 Å². The zero-order valence-corrected chi connectivity index (χ0v) is 12.8. The first-order valence-electron chi connectivity index (χ1n) is 6.91. The van der Waals surface area contributed by atoms with Gasteiger partial charge in [0.15, 0.2) is 9.84 Å². The summed E-state index contributed by atoms with van der Waals surface area (Å²) in [5.41, 5.74) is 3.54. The molecule has 1 aromatic rings. The van der Waals surface area contributed by atoms with Crippen molar-refractivity contribution in [2.24, 2.45) is 0 Å². The lowest BCUT2D eigenvalue weighted by Gasteiger charge is -2.30. The topological polar surface area (TPSA) is 46.2 Å². The molecular weight excluding hydrogens is 258 g/mol. The number of benzene rings is 1. The average molecular weight is 281 g/mol. The highest BCUT2D eigenvalue weighted by Gasteiger charge is 2.35. The zero-order valence-electron chi connectivity index (χ0n) is 11.9. The molecule has 1 fully saturated rings. The van der Waals surface area contributed by atoms with Crippen LogP contribution in [0.25, 0.3) is 0 Å². The van der Waals surface area contributed by atoms with E-state index in [9.17, 15) is 8.42 Å². The van der Waals surface area contributed by atoms with Gasteiger partial charge in [-0.15, -0.1) is 0 Å². The van der Waals surface area contributed by atoms with Crippen LogP contribution < -0.4 is 5.32 Å². The van der Waals surface area contributed by atoms with Crippen LogP contribution >= 0.6 is 0 Å². The van der Waals surface area contributed by atoms with Gasteiger partial charge in [-0.3, -0.25) is 0 Å². The summed E-state index contributed by atoms with van der Waals surface area (Å²) >= 11 is 0. The Morgan fingerprint density at radius 1 is 1.21 bits per heavy atom. The molecule has 1 aliphatic rings. The molecule has 1 aliphatic heterocycles. The van der Waals surface area contributed by atoms with Gasteiger partial charge >= 0.3 is 0 Å². The van der Waals surface area contributed by atoms with E-state index in [1.54, 1.807) is 0 Å². The summed E-state index contributed by atoms with van der Waals surface area (Å²) in [6.45, 7) is 4.14. The molecule has 3 nitrogen and oxygen atoms in total. The van der Waals surface area contributed by atoms with Crippen molar-refractivity contribution in [1.82, 2.24) is 5.32 Å². The molecule has 19 heavy (non-hydrogen) atoms. The molecule has 0 aromatic heterocycles. The van der Waals surface area contributed by atoms with E-state index >= 15 is 0 Å². The Morgan fingerprint density at radius 2 is 1.95 bits per heavy atom. The predicted octanol–water partition coefficient (Wildman–Crippen LogP) is 2.53. The monoisotopic (exact) mass is 281 g/mol. The molecule has 0 spiro atoms. The minimum absolute atomic E-state index is 0.0930. The van der Waals surface area contributed by atoms with Crippen LogP contribution in [0.4, 0.5) is 0 Å². The lowest BCUT2D eigenvalue weighted by atomic mass is 9.96. The van der Waals surface area contributed by atoms with E-state index in [1.807, 2.05) is 13.1 Å². The predicted molar refractivity (Wildman–Crippen MR) is 79.1 cm³/mol. The molecule has 0 radical (unpaired) electrons. The van der Waals surface area contributed by atoms with Crippen LogP contribution in [0.15, 0.2) is 18.2 Å². The molecule has 0 aliphatic carbocycles. The van der Waals surface area contributed by atoms with Crippen molar-refractivity contribution in [3.63, 3.8) is 0 Å². The second-order valence-corrected chi connectivity index (χ2v) is 7.85. The lowest BCUT2D eigenvalue weighted by molar-refractivity contribution is 0.469. The first-order chi connectivity index (χ1) is 8.95. The number of sulfone groups is 1. The first kappa shape index (κ1) is 14.5. The molecule has 1 saturated heterocycles. The summed E-state index contributed by atoms with van der Waals surface area (Å²) in [6, 6.07) is 6.14. The van der Waals surface area contributed by atoms with Crippen molar-refractivity contribution in [2.75, 3.05) is 12.8 Å². The second-order valence-electron chi connectivity index (χ2n) is 5.51. The number of aryl methyl sites for hydroxylation is 2. The van der Waals surface area contributed by atoms with Gasteiger partial charge in [0.1, 0.15) is 0 Å². The summed E-state index contributed by atoms with van der Waals surface area (Å²) in [7, 11) is -1.12. The van der Waals surface area contributed by atoms with Crippen LogP contribution in [0.5, 0.6) is 0 Å². The Kier molecular flexibility index (Phi) is 4.31. The van der Waals surface area contributed by atoms with Crippen molar-refractivity contribution < 1.29 is 8.42 Å². The number of hydrogen-bond acceptors (Lipinski definition) is 3. The highest BCUT2D eigenvalue weighted by Crippen LogP contribution is 2.31. The molecular formula is C15H23NO2S. The SMILES string of the molecule is CNC(c1ccc(C)c(C)c1)C1CCCCS1(=O)=O. The quantitative estimate of drug-likeness (QED) is 0.926. The summed E-state index contributed by atoms with van der Waals surface area (Å²) in [5.74, 6) is 0.334. The van der Waals surface area contributed by atoms with E-state index in [2.05, 4.69) is 31.3 Å². The maximum absolute atomic E-state index is 12.3. The van der Waals surface area contributed by atoms with Crippen LogP contribution in [0, 0.1) is 13.8 Å². The van der Waals surface area contributed by atoms with Gasteiger partial charge in [0.25, 0.3) is 0 Å². The summed E-state index contributed by atoms with van der Waals surface area (Å²) in [5, 5.41) is 2.93. The molecule has 106 valence electrons. The standard InChI is InChI=1S/C15H23NO2S/c1-11-7-8-13(10-12(11)2)15(16-3)14-6-4-5-9-19(14,17)18/h7-8,10,14-16H,4-6,9H2,1-3H3. The van der Waals surface area contributed by atoms with Crippen molar-refractivity contribution >= 4 is 9.84 Å². The van der Waals surface area contributed by atoms with Gasteiger partial charge in [0.05, 0.1) is 11.0 Å². The summed E-state index contributed by atoms with van der Waals surface area (Å²) in [6.07, 6.45) is 2.58. The first-order valence-corrected chi connectivity index (χ1v) is 8.63. The zero-order chi connectivity index (χ0) is 14.0. The average Bonchev–Trinajstić information content (AvgIpc) is 2.36. The van der Waals surface area contributed by atoms with E-state index in [0.29, 0.717) is 5.75 Å². The molecule has 0 bridgehead atoms. The summed E-state index contributed by atoms with van der Waals surface area (Å²) in [4.78, 5) is 0. The van der Waals surface area contributed by atoms with Gasteiger partial charge in [0, 0.05) is 6.04 Å².